The standard InChI is InChI=1S/C27H37N7O/c1-32-13-15-34(16-14-32)21-8-11-33(12-9-21)22-6-3-19(24(18-22)35-2)17-25-30-23-7-10-28-26(23)27(31-25)29-20-4-5-20/h3,6-7,10,18,20-21,28H,4-5,8-9,11-17H2,1-2H3,(H,29,30,31). The van der Waals surface area contributed by atoms with Crippen molar-refractivity contribution >= 4 is 22.5 Å². The van der Waals surface area contributed by atoms with Gasteiger partial charge in [0.2, 0.25) is 0 Å². The molecule has 6 rings (SSSR count). The van der Waals surface area contributed by atoms with Gasteiger partial charge in [-0.1, -0.05) is 6.07 Å². The van der Waals surface area contributed by atoms with Crippen LogP contribution in [0.1, 0.15) is 37.1 Å². The average molecular weight is 476 g/mol. The third-order valence-electron chi connectivity index (χ3n) is 7.87. The summed E-state index contributed by atoms with van der Waals surface area (Å²) in [6, 6.07) is 9.92. The number of rotatable bonds is 7. The molecule has 1 saturated carbocycles. The van der Waals surface area contributed by atoms with Crippen LogP contribution >= 0.6 is 0 Å². The van der Waals surface area contributed by atoms with Gasteiger partial charge >= 0.3 is 0 Å². The number of piperidine rings is 1. The maximum absolute atomic E-state index is 5.84. The van der Waals surface area contributed by atoms with E-state index in [2.05, 4.69) is 50.2 Å². The molecular formula is C27H37N7O. The highest BCUT2D eigenvalue weighted by molar-refractivity contribution is 5.86. The molecule has 0 amide bonds. The molecule has 0 unspecified atom stereocenters. The molecule has 2 aromatic heterocycles. The Bertz CT molecular complexity index is 1160. The number of anilines is 2. The number of hydrogen-bond donors (Lipinski definition) is 2. The van der Waals surface area contributed by atoms with Gasteiger partial charge in [-0.2, -0.15) is 0 Å². The molecule has 0 atom stereocenters. The highest BCUT2D eigenvalue weighted by atomic mass is 16.5. The summed E-state index contributed by atoms with van der Waals surface area (Å²) in [6.45, 7) is 7.00. The van der Waals surface area contributed by atoms with Crippen molar-refractivity contribution in [2.45, 2.75) is 44.2 Å². The molecule has 2 saturated heterocycles. The highest BCUT2D eigenvalue weighted by Gasteiger charge is 2.27. The molecule has 8 heteroatoms. The molecule has 0 radical (unpaired) electrons. The molecule has 3 fully saturated rings. The Morgan fingerprint density at radius 1 is 1.00 bits per heavy atom. The zero-order valence-electron chi connectivity index (χ0n) is 21.0. The Morgan fingerprint density at radius 2 is 1.80 bits per heavy atom. The SMILES string of the molecule is COc1cc(N2CCC(N3CCN(C)CC3)CC2)ccc1Cc1nc(NC2CC2)c2[nH]ccc2n1. The first kappa shape index (κ1) is 22.6. The van der Waals surface area contributed by atoms with Gasteiger partial charge in [0.15, 0.2) is 5.82 Å². The van der Waals surface area contributed by atoms with Gasteiger partial charge in [-0.05, 0) is 44.9 Å². The normalized spacial score (nSPS) is 20.5. The fraction of sp³-hybridized carbons (Fsp3) is 0.556. The number of nitrogens with one attached hydrogen (secondary N) is 2. The molecule has 0 spiro atoms. The molecule has 1 aromatic carbocycles. The average Bonchev–Trinajstić information content (AvgIpc) is 3.57. The lowest BCUT2D eigenvalue weighted by atomic mass is 10.0. The number of H-pyrrole nitrogens is 1. The number of likely N-dealkylation sites (N-methyl/N-ethyl adjacent to an activating group) is 1. The number of aromatic amines is 1. The smallest absolute Gasteiger partial charge is 0.154 e. The quantitative estimate of drug-likeness (QED) is 0.543. The first-order chi connectivity index (χ1) is 17.2. The lowest BCUT2D eigenvalue weighted by Crippen LogP contribution is -2.52. The van der Waals surface area contributed by atoms with Crippen LogP contribution in [-0.4, -0.2) is 90.3 Å². The van der Waals surface area contributed by atoms with E-state index in [9.17, 15) is 0 Å². The van der Waals surface area contributed by atoms with Crippen LogP contribution < -0.4 is 15.0 Å². The van der Waals surface area contributed by atoms with E-state index in [1.807, 2.05) is 12.3 Å². The molecule has 186 valence electrons. The fourth-order valence-corrected chi connectivity index (χ4v) is 5.52. The number of ether oxygens (including phenoxy) is 1. The molecular weight excluding hydrogens is 438 g/mol. The summed E-state index contributed by atoms with van der Waals surface area (Å²) >= 11 is 0. The Balaban J connectivity index is 1.14. The molecule has 4 heterocycles. The van der Waals surface area contributed by atoms with Crippen LogP contribution in [0.25, 0.3) is 11.0 Å². The number of nitrogens with zero attached hydrogens (tertiary/aromatic N) is 5. The van der Waals surface area contributed by atoms with E-state index in [1.54, 1.807) is 7.11 Å². The number of benzene rings is 1. The number of methoxy groups -OCH3 is 1. The third-order valence-corrected chi connectivity index (χ3v) is 7.87. The summed E-state index contributed by atoms with van der Waals surface area (Å²) in [6.07, 6.45) is 7.47. The molecule has 2 N–H and O–H groups in total. The predicted molar refractivity (Wildman–Crippen MR) is 141 cm³/mol. The van der Waals surface area contributed by atoms with Gasteiger partial charge < -0.3 is 24.8 Å². The van der Waals surface area contributed by atoms with Crippen LogP contribution in [0.15, 0.2) is 30.5 Å². The Hall–Kier alpha value is -2.84. The van der Waals surface area contributed by atoms with Gasteiger partial charge in [-0.25, -0.2) is 9.97 Å². The molecule has 8 nitrogen and oxygen atoms in total. The van der Waals surface area contributed by atoms with Gasteiger partial charge in [-0.3, -0.25) is 4.90 Å². The summed E-state index contributed by atoms with van der Waals surface area (Å²) in [4.78, 5) is 20.6. The zero-order chi connectivity index (χ0) is 23.8. The fourth-order valence-electron chi connectivity index (χ4n) is 5.52. The molecule has 1 aliphatic carbocycles. The van der Waals surface area contributed by atoms with Gasteiger partial charge in [0.1, 0.15) is 17.1 Å². The first-order valence-corrected chi connectivity index (χ1v) is 13.1. The summed E-state index contributed by atoms with van der Waals surface area (Å²) < 4.78 is 5.84. The lowest BCUT2D eigenvalue weighted by Gasteiger charge is -2.42. The van der Waals surface area contributed by atoms with Crippen LogP contribution in [0.5, 0.6) is 5.75 Å². The Labute approximate surface area is 207 Å². The highest BCUT2D eigenvalue weighted by Crippen LogP contribution is 2.31. The number of aromatic nitrogens is 3. The van der Waals surface area contributed by atoms with Crippen molar-refractivity contribution in [2.75, 3.05) is 63.6 Å². The minimum atomic E-state index is 0.540. The van der Waals surface area contributed by atoms with E-state index in [4.69, 9.17) is 14.7 Å². The van der Waals surface area contributed by atoms with E-state index < -0.39 is 0 Å². The van der Waals surface area contributed by atoms with Crippen LogP contribution in [0.4, 0.5) is 11.5 Å². The third kappa shape index (κ3) is 4.95. The number of piperazine rings is 1. The van der Waals surface area contributed by atoms with E-state index in [1.165, 1.54) is 57.5 Å². The Kier molecular flexibility index (Phi) is 6.24. The summed E-state index contributed by atoms with van der Waals surface area (Å²) in [5.41, 5.74) is 4.32. The van der Waals surface area contributed by atoms with Crippen molar-refractivity contribution in [2.24, 2.45) is 0 Å². The Morgan fingerprint density at radius 3 is 2.54 bits per heavy atom. The monoisotopic (exact) mass is 475 g/mol. The largest absolute Gasteiger partial charge is 0.496 e. The topological polar surface area (TPSA) is 72.6 Å². The summed E-state index contributed by atoms with van der Waals surface area (Å²) in [5.74, 6) is 2.65. The molecule has 35 heavy (non-hydrogen) atoms. The van der Waals surface area contributed by atoms with Crippen molar-refractivity contribution in [3.63, 3.8) is 0 Å². The second-order valence-corrected chi connectivity index (χ2v) is 10.4. The van der Waals surface area contributed by atoms with Crippen molar-refractivity contribution < 1.29 is 4.74 Å². The van der Waals surface area contributed by atoms with Crippen LogP contribution in [0, 0.1) is 0 Å². The van der Waals surface area contributed by atoms with Crippen molar-refractivity contribution in [3.05, 3.63) is 41.9 Å². The maximum atomic E-state index is 5.84. The summed E-state index contributed by atoms with van der Waals surface area (Å²) in [7, 11) is 3.99. The lowest BCUT2D eigenvalue weighted by molar-refractivity contribution is 0.0982. The van der Waals surface area contributed by atoms with E-state index in [0.717, 1.165) is 53.1 Å². The van der Waals surface area contributed by atoms with Crippen molar-refractivity contribution in [1.82, 2.24) is 24.8 Å². The second kappa shape index (κ2) is 9.66. The second-order valence-electron chi connectivity index (χ2n) is 10.4. The minimum Gasteiger partial charge on any atom is -0.496 e. The number of hydrogen-bond acceptors (Lipinski definition) is 7. The first-order valence-electron chi connectivity index (χ1n) is 13.1. The number of fused-ring (bicyclic) bond motifs is 1. The maximum Gasteiger partial charge on any atom is 0.154 e. The molecule has 3 aliphatic rings. The summed E-state index contributed by atoms with van der Waals surface area (Å²) in [5, 5.41) is 3.56. The molecule has 0 bridgehead atoms. The molecule has 3 aromatic rings. The van der Waals surface area contributed by atoms with Crippen molar-refractivity contribution in [3.8, 4) is 5.75 Å². The van der Waals surface area contributed by atoms with E-state index >= 15 is 0 Å². The van der Waals surface area contributed by atoms with Crippen molar-refractivity contribution in [1.29, 1.82) is 0 Å². The van der Waals surface area contributed by atoms with Gasteiger partial charge in [0.25, 0.3) is 0 Å². The van der Waals surface area contributed by atoms with Crippen LogP contribution in [-0.2, 0) is 6.42 Å². The van der Waals surface area contributed by atoms with Gasteiger partial charge in [0.05, 0.1) is 12.6 Å². The van der Waals surface area contributed by atoms with Gasteiger partial charge in [-0.15, -0.1) is 0 Å². The predicted octanol–water partition coefficient (Wildman–Crippen LogP) is 3.35. The zero-order valence-corrected chi connectivity index (χ0v) is 21.0. The van der Waals surface area contributed by atoms with Gasteiger partial charge in [0, 0.05) is 81.3 Å². The minimum absolute atomic E-state index is 0.540. The molecule has 2 aliphatic heterocycles. The van der Waals surface area contributed by atoms with E-state index in [0.29, 0.717) is 12.5 Å². The van der Waals surface area contributed by atoms with Crippen LogP contribution in [0.3, 0.4) is 0 Å². The van der Waals surface area contributed by atoms with E-state index in [-0.39, 0.29) is 0 Å². The van der Waals surface area contributed by atoms with Crippen LogP contribution in [0.2, 0.25) is 0 Å².